The van der Waals surface area contributed by atoms with Crippen molar-refractivity contribution in [2.45, 2.75) is 24.7 Å². The van der Waals surface area contributed by atoms with Crippen molar-refractivity contribution in [3.8, 4) is 0 Å². The van der Waals surface area contributed by atoms with Gasteiger partial charge in [-0.3, -0.25) is 4.79 Å². The summed E-state index contributed by atoms with van der Waals surface area (Å²) in [4.78, 5) is 18.4. The Morgan fingerprint density at radius 3 is 2.42 bits per heavy atom. The van der Waals surface area contributed by atoms with Gasteiger partial charge in [-0.15, -0.1) is 24.0 Å². The SMILES string of the molecule is CCNC(=NCC(=O)N1CCCC1)NCCS(=O)(=O)c1ccccc1.I. The van der Waals surface area contributed by atoms with Crippen molar-refractivity contribution < 1.29 is 13.2 Å². The Kier molecular flexibility index (Phi) is 9.92. The highest BCUT2D eigenvalue weighted by molar-refractivity contribution is 14.0. The Morgan fingerprint density at radius 1 is 1.15 bits per heavy atom. The second-order valence-corrected chi connectivity index (χ2v) is 7.95. The summed E-state index contributed by atoms with van der Waals surface area (Å²) in [6.07, 6.45) is 2.09. The lowest BCUT2D eigenvalue weighted by molar-refractivity contribution is -0.128. The normalized spacial score (nSPS) is 14.7. The molecule has 26 heavy (non-hydrogen) atoms. The summed E-state index contributed by atoms with van der Waals surface area (Å²) in [5.74, 6) is 0.423. The molecule has 146 valence electrons. The lowest BCUT2D eigenvalue weighted by Crippen LogP contribution is -2.40. The molecule has 1 aliphatic heterocycles. The van der Waals surface area contributed by atoms with Gasteiger partial charge in [0.1, 0.15) is 6.54 Å². The molecule has 2 N–H and O–H groups in total. The van der Waals surface area contributed by atoms with Crippen LogP contribution in [0, 0.1) is 0 Å². The van der Waals surface area contributed by atoms with Gasteiger partial charge in [0.2, 0.25) is 5.91 Å². The van der Waals surface area contributed by atoms with E-state index < -0.39 is 9.84 Å². The highest BCUT2D eigenvalue weighted by atomic mass is 127. The van der Waals surface area contributed by atoms with Gasteiger partial charge in [0.15, 0.2) is 15.8 Å². The maximum absolute atomic E-state index is 12.3. The van der Waals surface area contributed by atoms with Crippen LogP contribution < -0.4 is 10.6 Å². The molecular formula is C17H27IN4O3S. The Hall–Kier alpha value is -1.36. The van der Waals surface area contributed by atoms with Crippen molar-refractivity contribution in [1.82, 2.24) is 15.5 Å². The molecule has 0 saturated carbocycles. The first kappa shape index (κ1) is 22.7. The van der Waals surface area contributed by atoms with Crippen LogP contribution in [0.25, 0.3) is 0 Å². The summed E-state index contributed by atoms with van der Waals surface area (Å²) < 4.78 is 24.5. The summed E-state index contributed by atoms with van der Waals surface area (Å²) >= 11 is 0. The number of aliphatic imine (C=N–C) groups is 1. The van der Waals surface area contributed by atoms with Gasteiger partial charge in [0.05, 0.1) is 10.6 Å². The van der Waals surface area contributed by atoms with Gasteiger partial charge < -0.3 is 15.5 Å². The van der Waals surface area contributed by atoms with Gasteiger partial charge in [0, 0.05) is 26.2 Å². The zero-order chi connectivity index (χ0) is 18.1. The minimum absolute atomic E-state index is 0. The zero-order valence-electron chi connectivity index (χ0n) is 15.0. The number of rotatable bonds is 7. The van der Waals surface area contributed by atoms with E-state index in [0.717, 1.165) is 25.9 Å². The number of sulfone groups is 1. The van der Waals surface area contributed by atoms with Crippen LogP contribution in [0.1, 0.15) is 19.8 Å². The van der Waals surface area contributed by atoms with Crippen molar-refractivity contribution in [2.24, 2.45) is 4.99 Å². The molecule has 1 heterocycles. The van der Waals surface area contributed by atoms with E-state index in [2.05, 4.69) is 15.6 Å². The van der Waals surface area contributed by atoms with Crippen LogP contribution in [0.4, 0.5) is 0 Å². The fourth-order valence-corrected chi connectivity index (χ4v) is 3.78. The molecule has 1 aromatic rings. The number of nitrogens with zero attached hydrogens (tertiary/aromatic N) is 2. The predicted molar refractivity (Wildman–Crippen MR) is 114 cm³/mol. The highest BCUT2D eigenvalue weighted by Gasteiger charge is 2.17. The number of amides is 1. The van der Waals surface area contributed by atoms with E-state index in [1.54, 1.807) is 30.3 Å². The van der Waals surface area contributed by atoms with Crippen molar-refractivity contribution in [3.05, 3.63) is 30.3 Å². The van der Waals surface area contributed by atoms with E-state index >= 15 is 0 Å². The van der Waals surface area contributed by atoms with E-state index in [1.165, 1.54) is 0 Å². The first-order valence-corrected chi connectivity index (χ1v) is 10.3. The molecule has 0 atom stereocenters. The average Bonchev–Trinajstić information content (AvgIpc) is 3.15. The maximum Gasteiger partial charge on any atom is 0.244 e. The second kappa shape index (κ2) is 11.4. The highest BCUT2D eigenvalue weighted by Crippen LogP contribution is 2.09. The molecule has 1 saturated heterocycles. The van der Waals surface area contributed by atoms with E-state index in [9.17, 15) is 13.2 Å². The topological polar surface area (TPSA) is 90.9 Å². The van der Waals surface area contributed by atoms with Gasteiger partial charge in [-0.1, -0.05) is 18.2 Å². The molecule has 1 aromatic carbocycles. The quantitative estimate of drug-likeness (QED) is 0.339. The maximum atomic E-state index is 12.3. The average molecular weight is 494 g/mol. The number of guanidine groups is 1. The fraction of sp³-hybridized carbons (Fsp3) is 0.529. The molecule has 0 radical (unpaired) electrons. The van der Waals surface area contributed by atoms with Crippen LogP contribution in [-0.2, 0) is 14.6 Å². The molecule has 1 fully saturated rings. The molecule has 1 aliphatic rings. The van der Waals surface area contributed by atoms with Crippen LogP contribution in [-0.4, -0.2) is 63.7 Å². The lowest BCUT2D eigenvalue weighted by atomic mass is 10.4. The van der Waals surface area contributed by atoms with Gasteiger partial charge in [-0.2, -0.15) is 0 Å². The van der Waals surface area contributed by atoms with Crippen LogP contribution in [0.3, 0.4) is 0 Å². The third-order valence-electron chi connectivity index (χ3n) is 3.94. The molecule has 0 unspecified atom stereocenters. The molecule has 0 bridgehead atoms. The number of carbonyl (C=O) groups is 1. The monoisotopic (exact) mass is 494 g/mol. The number of carbonyl (C=O) groups excluding carboxylic acids is 1. The van der Waals surface area contributed by atoms with Gasteiger partial charge in [-0.25, -0.2) is 13.4 Å². The van der Waals surface area contributed by atoms with Crippen molar-refractivity contribution in [1.29, 1.82) is 0 Å². The number of nitrogens with one attached hydrogen (secondary N) is 2. The van der Waals surface area contributed by atoms with Gasteiger partial charge in [-0.05, 0) is 31.9 Å². The molecule has 9 heteroatoms. The summed E-state index contributed by atoms with van der Waals surface area (Å²) in [6.45, 7) is 4.44. The smallest absolute Gasteiger partial charge is 0.244 e. The van der Waals surface area contributed by atoms with E-state index in [4.69, 9.17) is 0 Å². The third-order valence-corrected chi connectivity index (χ3v) is 5.67. The number of hydrogen-bond donors (Lipinski definition) is 2. The molecule has 2 rings (SSSR count). The minimum Gasteiger partial charge on any atom is -0.357 e. The predicted octanol–water partition coefficient (Wildman–Crippen LogP) is 1.26. The molecule has 0 aliphatic carbocycles. The first-order chi connectivity index (χ1) is 12.0. The second-order valence-electron chi connectivity index (χ2n) is 5.84. The van der Waals surface area contributed by atoms with E-state index in [-0.39, 0.29) is 48.7 Å². The Bertz CT molecular complexity index is 689. The lowest BCUT2D eigenvalue weighted by Gasteiger charge is -2.15. The summed E-state index contributed by atoms with van der Waals surface area (Å²) in [5.41, 5.74) is 0. The minimum atomic E-state index is -3.34. The largest absolute Gasteiger partial charge is 0.357 e. The van der Waals surface area contributed by atoms with Crippen LogP contribution >= 0.6 is 24.0 Å². The molecule has 7 nitrogen and oxygen atoms in total. The van der Waals surface area contributed by atoms with E-state index in [0.29, 0.717) is 17.4 Å². The van der Waals surface area contributed by atoms with E-state index in [1.807, 2.05) is 11.8 Å². The summed E-state index contributed by atoms with van der Waals surface area (Å²) in [5, 5.41) is 6.01. The van der Waals surface area contributed by atoms with Crippen LogP contribution in [0.15, 0.2) is 40.2 Å². The fourth-order valence-electron chi connectivity index (χ4n) is 2.60. The first-order valence-electron chi connectivity index (χ1n) is 8.60. The number of halogens is 1. The Labute approximate surface area is 172 Å². The number of benzene rings is 1. The summed E-state index contributed by atoms with van der Waals surface area (Å²) in [6, 6.07) is 8.36. The van der Waals surface area contributed by atoms with Gasteiger partial charge in [0.25, 0.3) is 0 Å². The molecule has 1 amide bonds. The van der Waals surface area contributed by atoms with Crippen molar-refractivity contribution >= 4 is 45.7 Å². The Balaban J connectivity index is 0.00000338. The third kappa shape index (κ3) is 7.10. The van der Waals surface area contributed by atoms with Crippen molar-refractivity contribution in [3.63, 3.8) is 0 Å². The van der Waals surface area contributed by atoms with Crippen LogP contribution in [0.2, 0.25) is 0 Å². The van der Waals surface area contributed by atoms with Crippen LogP contribution in [0.5, 0.6) is 0 Å². The number of likely N-dealkylation sites (tertiary alicyclic amines) is 1. The van der Waals surface area contributed by atoms with Gasteiger partial charge >= 0.3 is 0 Å². The van der Waals surface area contributed by atoms with Crippen molar-refractivity contribution in [2.75, 3.05) is 38.5 Å². The molecule has 0 aromatic heterocycles. The summed E-state index contributed by atoms with van der Waals surface area (Å²) in [7, 11) is -3.34. The number of hydrogen-bond acceptors (Lipinski definition) is 4. The molecule has 0 spiro atoms. The molecular weight excluding hydrogens is 467 g/mol. The Morgan fingerprint density at radius 2 is 1.81 bits per heavy atom. The zero-order valence-corrected chi connectivity index (χ0v) is 18.1. The standard InChI is InChI=1S/C17H26N4O3S.HI/c1-2-18-17(20-14-16(22)21-11-6-7-12-21)19-10-13-25(23,24)15-8-4-3-5-9-15;/h3-5,8-9H,2,6-7,10-14H2,1H3,(H2,18,19,20);1H.